The minimum absolute atomic E-state index is 0.0670. The smallest absolute Gasteiger partial charge is 0.336 e. The molecule has 1 aromatic heterocycles. The number of fused-ring (bicyclic) bond motifs is 1. The van der Waals surface area contributed by atoms with Crippen LogP contribution in [-0.2, 0) is 9.53 Å². The van der Waals surface area contributed by atoms with E-state index in [1.165, 1.54) is 13.2 Å². The summed E-state index contributed by atoms with van der Waals surface area (Å²) in [6.45, 7) is 5.51. The summed E-state index contributed by atoms with van der Waals surface area (Å²) in [6, 6.07) is 7.90. The van der Waals surface area contributed by atoms with E-state index in [1.54, 1.807) is 42.0 Å². The van der Waals surface area contributed by atoms with Gasteiger partial charge < -0.3 is 14.6 Å². The summed E-state index contributed by atoms with van der Waals surface area (Å²) in [5.41, 5.74) is 1.71. The molecule has 0 fully saturated rings. The molecule has 0 amide bonds. The predicted molar refractivity (Wildman–Crippen MR) is 97.7 cm³/mol. The summed E-state index contributed by atoms with van der Waals surface area (Å²) in [5.74, 6) is -1.90. The zero-order valence-electron chi connectivity index (χ0n) is 15.2. The van der Waals surface area contributed by atoms with Gasteiger partial charge in [0, 0.05) is 29.2 Å². The topological polar surface area (TPSA) is 60.3 Å². The molecule has 1 aromatic carbocycles. The van der Waals surface area contributed by atoms with Crippen LogP contribution in [-0.4, -0.2) is 17.6 Å². The van der Waals surface area contributed by atoms with Crippen LogP contribution < -0.4 is 10.9 Å². The number of anilines is 1. The molecular weight excluding hydrogens is 335 g/mol. The SMILES string of the molecule is COC(=O)C1=C(C)Nc2ccn(C(C)C)c(=O)c2C1c1ccccc1F. The summed E-state index contributed by atoms with van der Waals surface area (Å²) in [6.07, 6.45) is 1.70. The van der Waals surface area contributed by atoms with Crippen LogP contribution >= 0.6 is 0 Å². The van der Waals surface area contributed by atoms with Gasteiger partial charge in [-0.05, 0) is 32.9 Å². The molecule has 1 atom stereocenters. The predicted octanol–water partition coefficient (Wildman–Crippen LogP) is 3.57. The normalized spacial score (nSPS) is 16.3. The average Bonchev–Trinajstić information content (AvgIpc) is 2.60. The first-order chi connectivity index (χ1) is 12.4. The van der Waals surface area contributed by atoms with Crippen LogP contribution in [0.4, 0.5) is 10.1 Å². The fourth-order valence-corrected chi connectivity index (χ4v) is 3.39. The van der Waals surface area contributed by atoms with Gasteiger partial charge in [-0.1, -0.05) is 18.2 Å². The van der Waals surface area contributed by atoms with E-state index < -0.39 is 17.7 Å². The van der Waals surface area contributed by atoms with E-state index in [-0.39, 0.29) is 22.7 Å². The fourth-order valence-electron chi connectivity index (χ4n) is 3.39. The zero-order valence-corrected chi connectivity index (χ0v) is 15.2. The number of pyridine rings is 1. The molecule has 26 heavy (non-hydrogen) atoms. The lowest BCUT2D eigenvalue weighted by Crippen LogP contribution is -2.33. The van der Waals surface area contributed by atoms with Crippen molar-refractivity contribution in [3.63, 3.8) is 0 Å². The lowest BCUT2D eigenvalue weighted by molar-refractivity contribution is -0.136. The third-order valence-corrected chi connectivity index (χ3v) is 4.64. The molecule has 2 aromatic rings. The van der Waals surface area contributed by atoms with E-state index >= 15 is 0 Å². The van der Waals surface area contributed by atoms with E-state index in [4.69, 9.17) is 4.74 Å². The van der Waals surface area contributed by atoms with E-state index in [0.29, 0.717) is 16.9 Å². The number of rotatable bonds is 3. The molecule has 0 saturated heterocycles. The third kappa shape index (κ3) is 2.81. The Morgan fingerprint density at radius 3 is 2.58 bits per heavy atom. The Labute approximate surface area is 151 Å². The minimum Gasteiger partial charge on any atom is -0.466 e. The number of halogens is 1. The van der Waals surface area contributed by atoms with Crippen molar-refractivity contribution >= 4 is 11.7 Å². The fraction of sp³-hybridized carbons (Fsp3) is 0.300. The van der Waals surface area contributed by atoms with Crippen LogP contribution in [0.5, 0.6) is 0 Å². The first kappa shape index (κ1) is 17.9. The van der Waals surface area contributed by atoms with Gasteiger partial charge in [-0.25, -0.2) is 9.18 Å². The molecule has 5 nitrogen and oxygen atoms in total. The van der Waals surface area contributed by atoms with E-state index in [0.717, 1.165) is 0 Å². The van der Waals surface area contributed by atoms with Crippen LogP contribution in [0.3, 0.4) is 0 Å². The number of carbonyl (C=O) groups is 1. The maximum Gasteiger partial charge on any atom is 0.336 e. The monoisotopic (exact) mass is 356 g/mol. The third-order valence-electron chi connectivity index (χ3n) is 4.64. The number of hydrogen-bond donors (Lipinski definition) is 1. The lowest BCUT2D eigenvalue weighted by atomic mass is 9.81. The van der Waals surface area contributed by atoms with E-state index in [2.05, 4.69) is 5.32 Å². The standard InChI is InChI=1S/C20H21FN2O3/c1-11(2)23-10-9-15-18(19(23)24)17(13-7-5-6-8-14(13)21)16(12(3)22-15)20(25)26-4/h5-11,17,22H,1-4H3. The van der Waals surface area contributed by atoms with E-state index in [1.807, 2.05) is 13.8 Å². The summed E-state index contributed by atoms with van der Waals surface area (Å²) in [5, 5.41) is 3.09. The average molecular weight is 356 g/mol. The molecule has 0 saturated carbocycles. The van der Waals surface area contributed by atoms with Crippen molar-refractivity contribution in [2.75, 3.05) is 12.4 Å². The second-order valence-electron chi connectivity index (χ2n) is 6.56. The molecule has 0 radical (unpaired) electrons. The van der Waals surface area contributed by atoms with Crippen LogP contribution in [0.25, 0.3) is 0 Å². The molecule has 3 rings (SSSR count). The first-order valence-electron chi connectivity index (χ1n) is 8.42. The van der Waals surface area contributed by atoms with Crippen molar-refractivity contribution in [3.8, 4) is 0 Å². The van der Waals surface area contributed by atoms with Gasteiger partial charge in [0.2, 0.25) is 0 Å². The van der Waals surface area contributed by atoms with Crippen molar-refractivity contribution in [3.05, 3.63) is 75.1 Å². The number of nitrogens with zero attached hydrogens (tertiary/aromatic N) is 1. The van der Waals surface area contributed by atoms with Gasteiger partial charge in [-0.3, -0.25) is 4.79 Å². The van der Waals surface area contributed by atoms with Crippen molar-refractivity contribution in [1.29, 1.82) is 0 Å². The Kier molecular flexibility index (Phi) is 4.68. The largest absolute Gasteiger partial charge is 0.466 e. The number of aromatic nitrogens is 1. The molecule has 6 heteroatoms. The highest BCUT2D eigenvalue weighted by Gasteiger charge is 2.36. The maximum absolute atomic E-state index is 14.6. The minimum atomic E-state index is -0.835. The Bertz CT molecular complexity index is 960. The van der Waals surface area contributed by atoms with Gasteiger partial charge >= 0.3 is 5.97 Å². The summed E-state index contributed by atoms with van der Waals surface area (Å²) in [7, 11) is 1.27. The number of methoxy groups -OCH3 is 1. The maximum atomic E-state index is 14.6. The second-order valence-corrected chi connectivity index (χ2v) is 6.56. The lowest BCUT2D eigenvalue weighted by Gasteiger charge is -2.30. The number of allylic oxidation sites excluding steroid dienone is 1. The Hall–Kier alpha value is -2.89. The highest BCUT2D eigenvalue weighted by Crippen LogP contribution is 2.41. The van der Waals surface area contributed by atoms with Gasteiger partial charge in [-0.15, -0.1) is 0 Å². The van der Waals surface area contributed by atoms with Crippen molar-refractivity contribution < 1.29 is 13.9 Å². The van der Waals surface area contributed by atoms with Crippen LogP contribution in [0, 0.1) is 5.82 Å². The molecule has 0 spiro atoms. The van der Waals surface area contributed by atoms with Crippen molar-refractivity contribution in [1.82, 2.24) is 4.57 Å². The molecule has 1 aliphatic heterocycles. The first-order valence-corrected chi connectivity index (χ1v) is 8.42. The van der Waals surface area contributed by atoms with E-state index in [9.17, 15) is 14.0 Å². The van der Waals surface area contributed by atoms with Crippen LogP contribution in [0.2, 0.25) is 0 Å². The van der Waals surface area contributed by atoms with Crippen molar-refractivity contribution in [2.45, 2.75) is 32.7 Å². The zero-order chi connectivity index (χ0) is 19.0. The molecular formula is C20H21FN2O3. The summed E-state index contributed by atoms with van der Waals surface area (Å²) in [4.78, 5) is 25.6. The highest BCUT2D eigenvalue weighted by molar-refractivity contribution is 5.94. The molecule has 0 bridgehead atoms. The number of hydrogen-bond acceptors (Lipinski definition) is 4. The second kappa shape index (κ2) is 6.78. The molecule has 136 valence electrons. The molecule has 1 aliphatic rings. The Morgan fingerprint density at radius 1 is 1.27 bits per heavy atom. The van der Waals surface area contributed by atoms with Gasteiger partial charge in [-0.2, -0.15) is 0 Å². The molecule has 0 aliphatic carbocycles. The molecule has 1 unspecified atom stereocenters. The van der Waals surface area contributed by atoms with Crippen molar-refractivity contribution in [2.24, 2.45) is 0 Å². The number of esters is 1. The Balaban J connectivity index is 2.36. The van der Waals surface area contributed by atoms with Gasteiger partial charge in [0.15, 0.2) is 0 Å². The summed E-state index contributed by atoms with van der Waals surface area (Å²) >= 11 is 0. The van der Waals surface area contributed by atoms with Crippen LogP contribution in [0.15, 0.2) is 52.6 Å². The number of carbonyl (C=O) groups excluding carboxylic acids is 1. The van der Waals surface area contributed by atoms with Gasteiger partial charge in [0.1, 0.15) is 5.82 Å². The number of ether oxygens (including phenoxy) is 1. The van der Waals surface area contributed by atoms with Crippen LogP contribution in [0.1, 0.15) is 43.9 Å². The molecule has 2 heterocycles. The quantitative estimate of drug-likeness (QED) is 0.854. The number of nitrogens with one attached hydrogen (secondary N) is 1. The number of benzene rings is 1. The molecule has 1 N–H and O–H groups in total. The summed E-state index contributed by atoms with van der Waals surface area (Å²) < 4.78 is 21.1. The Morgan fingerprint density at radius 2 is 1.96 bits per heavy atom. The van der Waals surface area contributed by atoms with Gasteiger partial charge in [0.05, 0.1) is 24.2 Å². The highest BCUT2D eigenvalue weighted by atomic mass is 19.1. The van der Waals surface area contributed by atoms with Gasteiger partial charge in [0.25, 0.3) is 5.56 Å².